The van der Waals surface area contributed by atoms with Gasteiger partial charge in [-0.1, -0.05) is 29.3 Å². The first-order valence-corrected chi connectivity index (χ1v) is 4.24. The van der Waals surface area contributed by atoms with Gasteiger partial charge in [0.1, 0.15) is 0 Å². The molecule has 0 saturated carbocycles. The summed E-state index contributed by atoms with van der Waals surface area (Å²) in [4.78, 5) is 0. The van der Waals surface area contributed by atoms with E-state index < -0.39 is 0 Å². The second-order valence-electron chi connectivity index (χ2n) is 2.43. The third-order valence-corrected chi connectivity index (χ3v) is 2.15. The van der Waals surface area contributed by atoms with Gasteiger partial charge in [0, 0.05) is 16.1 Å². The van der Waals surface area contributed by atoms with E-state index in [-0.39, 0.29) is 18.4 Å². The monoisotopic (exact) mass is 237 g/mol. The minimum atomic E-state index is -0.254. The minimum Gasteiger partial charge on any atom is -0.321 e. The Morgan fingerprint density at radius 2 is 2.00 bits per heavy atom. The molecule has 1 aromatic carbocycles. The van der Waals surface area contributed by atoms with E-state index in [0.29, 0.717) is 10.0 Å². The van der Waals surface area contributed by atoms with Gasteiger partial charge in [0.25, 0.3) is 0 Å². The lowest BCUT2D eigenvalue weighted by molar-refractivity contribution is 0.915. The molecule has 0 heterocycles. The van der Waals surface area contributed by atoms with Crippen molar-refractivity contribution in [2.75, 3.05) is 0 Å². The van der Waals surface area contributed by atoms with Crippen LogP contribution in [0.25, 0.3) is 0 Å². The summed E-state index contributed by atoms with van der Waals surface area (Å²) in [6, 6.07) is 4.94. The average molecular weight is 239 g/mol. The highest BCUT2D eigenvalue weighted by Crippen LogP contribution is 2.25. The zero-order valence-electron chi connectivity index (χ0n) is 6.84. The van der Waals surface area contributed by atoms with Crippen LogP contribution in [-0.4, -0.2) is 0 Å². The van der Waals surface area contributed by atoms with Crippen LogP contribution in [0.3, 0.4) is 0 Å². The molecule has 1 aromatic rings. The summed E-state index contributed by atoms with van der Waals surface area (Å²) in [6.07, 6.45) is 1.62. The van der Waals surface area contributed by atoms with Gasteiger partial charge in [-0.3, -0.25) is 0 Å². The number of hydrogen-bond donors (Lipinski definition) is 1. The Morgan fingerprint density at radius 1 is 1.38 bits per heavy atom. The van der Waals surface area contributed by atoms with Crippen molar-refractivity contribution in [3.63, 3.8) is 0 Å². The largest absolute Gasteiger partial charge is 0.321 e. The SMILES string of the molecule is C=C[C@H](N)c1cc(Cl)ccc1Cl.Cl. The van der Waals surface area contributed by atoms with Gasteiger partial charge in [0.15, 0.2) is 0 Å². The number of nitrogens with two attached hydrogens (primary N) is 1. The fourth-order valence-electron chi connectivity index (χ4n) is 0.897. The molecule has 0 bridgehead atoms. The maximum Gasteiger partial charge on any atom is 0.0493 e. The Labute approximate surface area is 93.9 Å². The summed E-state index contributed by atoms with van der Waals surface area (Å²) in [5.41, 5.74) is 6.51. The van der Waals surface area contributed by atoms with Gasteiger partial charge in [-0.25, -0.2) is 0 Å². The summed E-state index contributed by atoms with van der Waals surface area (Å²) < 4.78 is 0. The number of hydrogen-bond acceptors (Lipinski definition) is 1. The molecule has 0 amide bonds. The molecule has 2 N–H and O–H groups in total. The molecule has 72 valence electrons. The van der Waals surface area contributed by atoms with Crippen molar-refractivity contribution >= 4 is 35.6 Å². The number of benzene rings is 1. The van der Waals surface area contributed by atoms with Crippen molar-refractivity contribution in [3.05, 3.63) is 46.5 Å². The van der Waals surface area contributed by atoms with E-state index in [1.54, 1.807) is 24.3 Å². The Balaban J connectivity index is 0.00000144. The van der Waals surface area contributed by atoms with Crippen LogP contribution in [0.4, 0.5) is 0 Å². The van der Waals surface area contributed by atoms with Gasteiger partial charge in [-0.05, 0) is 23.8 Å². The lowest BCUT2D eigenvalue weighted by Crippen LogP contribution is -2.06. The second-order valence-corrected chi connectivity index (χ2v) is 3.27. The normalized spacial score (nSPS) is 11.6. The molecule has 1 nitrogen and oxygen atoms in total. The summed E-state index contributed by atoms with van der Waals surface area (Å²) in [6.45, 7) is 3.58. The highest BCUT2D eigenvalue weighted by atomic mass is 35.5. The van der Waals surface area contributed by atoms with Gasteiger partial charge in [0.2, 0.25) is 0 Å². The predicted molar refractivity (Wildman–Crippen MR) is 60.8 cm³/mol. The van der Waals surface area contributed by atoms with Crippen molar-refractivity contribution in [1.82, 2.24) is 0 Å². The summed E-state index contributed by atoms with van der Waals surface area (Å²) in [7, 11) is 0. The zero-order chi connectivity index (χ0) is 9.14. The molecule has 0 aliphatic carbocycles. The van der Waals surface area contributed by atoms with Crippen LogP contribution < -0.4 is 5.73 Å². The Morgan fingerprint density at radius 3 is 2.54 bits per heavy atom. The summed E-state index contributed by atoms with van der Waals surface area (Å²) >= 11 is 11.7. The van der Waals surface area contributed by atoms with Crippen LogP contribution >= 0.6 is 35.6 Å². The maximum absolute atomic E-state index is 5.88. The lowest BCUT2D eigenvalue weighted by Gasteiger charge is -2.08. The van der Waals surface area contributed by atoms with Crippen molar-refractivity contribution in [3.8, 4) is 0 Å². The fourth-order valence-corrected chi connectivity index (χ4v) is 1.32. The van der Waals surface area contributed by atoms with Crippen LogP contribution in [-0.2, 0) is 0 Å². The first kappa shape index (κ1) is 12.8. The van der Waals surface area contributed by atoms with E-state index in [4.69, 9.17) is 28.9 Å². The third kappa shape index (κ3) is 3.20. The van der Waals surface area contributed by atoms with Crippen LogP contribution in [0, 0.1) is 0 Å². The van der Waals surface area contributed by atoms with Crippen LogP contribution in [0.15, 0.2) is 30.9 Å². The highest BCUT2D eigenvalue weighted by molar-refractivity contribution is 6.33. The smallest absolute Gasteiger partial charge is 0.0493 e. The minimum absolute atomic E-state index is 0. The quantitative estimate of drug-likeness (QED) is 0.783. The zero-order valence-corrected chi connectivity index (χ0v) is 9.16. The molecule has 1 atom stereocenters. The molecule has 0 aliphatic heterocycles. The van der Waals surface area contributed by atoms with Crippen molar-refractivity contribution in [2.45, 2.75) is 6.04 Å². The highest BCUT2D eigenvalue weighted by Gasteiger charge is 2.06. The van der Waals surface area contributed by atoms with Gasteiger partial charge in [-0.2, -0.15) is 0 Å². The van der Waals surface area contributed by atoms with Gasteiger partial charge < -0.3 is 5.73 Å². The molecule has 0 aromatic heterocycles. The van der Waals surface area contributed by atoms with Gasteiger partial charge in [0.05, 0.1) is 0 Å². The molecule has 1 rings (SSSR count). The van der Waals surface area contributed by atoms with Gasteiger partial charge in [-0.15, -0.1) is 19.0 Å². The predicted octanol–water partition coefficient (Wildman–Crippen LogP) is 3.60. The van der Waals surface area contributed by atoms with E-state index in [2.05, 4.69) is 6.58 Å². The molecule has 13 heavy (non-hydrogen) atoms. The molecule has 0 aliphatic rings. The lowest BCUT2D eigenvalue weighted by atomic mass is 10.1. The molecule has 0 fully saturated rings. The maximum atomic E-state index is 5.88. The topological polar surface area (TPSA) is 26.0 Å². The van der Waals surface area contributed by atoms with E-state index in [0.717, 1.165) is 5.56 Å². The molecule has 0 unspecified atom stereocenters. The number of rotatable bonds is 2. The average Bonchev–Trinajstić information content (AvgIpc) is 2.08. The van der Waals surface area contributed by atoms with E-state index >= 15 is 0 Å². The van der Waals surface area contributed by atoms with E-state index in [1.165, 1.54) is 0 Å². The Bertz CT molecular complexity index is 299. The standard InChI is InChI=1S/C9H9Cl2N.ClH/c1-2-9(12)7-5-6(10)3-4-8(7)11;/h2-5,9H,1,12H2;1H/t9-;/m0./s1. The molecule has 0 spiro atoms. The van der Waals surface area contributed by atoms with Crippen molar-refractivity contribution in [2.24, 2.45) is 5.73 Å². The third-order valence-electron chi connectivity index (χ3n) is 1.57. The molecule has 0 saturated heterocycles. The molecule has 4 heteroatoms. The van der Waals surface area contributed by atoms with E-state index in [9.17, 15) is 0 Å². The molecular formula is C9H10Cl3N. The summed E-state index contributed by atoms with van der Waals surface area (Å²) in [5, 5.41) is 1.25. The van der Waals surface area contributed by atoms with Crippen molar-refractivity contribution < 1.29 is 0 Å². The first-order valence-electron chi connectivity index (χ1n) is 3.48. The molecular weight excluding hydrogens is 228 g/mol. The second kappa shape index (κ2) is 5.51. The first-order chi connectivity index (χ1) is 5.65. The fraction of sp³-hybridized carbons (Fsp3) is 0.111. The molecule has 0 radical (unpaired) electrons. The number of halogens is 3. The Kier molecular flexibility index (Phi) is 5.42. The summed E-state index contributed by atoms with van der Waals surface area (Å²) in [5.74, 6) is 0. The van der Waals surface area contributed by atoms with Crippen LogP contribution in [0.2, 0.25) is 10.0 Å². The van der Waals surface area contributed by atoms with Gasteiger partial charge >= 0.3 is 0 Å². The van der Waals surface area contributed by atoms with Crippen molar-refractivity contribution in [1.29, 1.82) is 0 Å². The van der Waals surface area contributed by atoms with E-state index in [1.807, 2.05) is 0 Å². The van der Waals surface area contributed by atoms with Crippen LogP contribution in [0.5, 0.6) is 0 Å². The Hall–Kier alpha value is -0.210. The van der Waals surface area contributed by atoms with Crippen LogP contribution in [0.1, 0.15) is 11.6 Å².